The van der Waals surface area contributed by atoms with Crippen LogP contribution < -0.4 is 0 Å². The van der Waals surface area contributed by atoms with Gasteiger partial charge < -0.3 is 0 Å². The second-order valence-electron chi connectivity index (χ2n) is 6.06. The molecule has 0 radical (unpaired) electrons. The SMILES string of the molecule is CCCC(C)(CC)C(CC)C(C)(C)CC. The van der Waals surface area contributed by atoms with Crippen LogP contribution in [0.3, 0.4) is 0 Å². The van der Waals surface area contributed by atoms with Gasteiger partial charge in [0.15, 0.2) is 0 Å². The second-order valence-corrected chi connectivity index (χ2v) is 6.06. The minimum absolute atomic E-state index is 0.495. The van der Waals surface area contributed by atoms with Crippen LogP contribution in [0, 0.1) is 16.7 Å². The predicted octanol–water partition coefficient (Wildman–Crippen LogP) is 5.67. The molecular weight excluding hydrogens is 180 g/mol. The Hall–Kier alpha value is 0. The summed E-state index contributed by atoms with van der Waals surface area (Å²) in [4.78, 5) is 0. The van der Waals surface area contributed by atoms with E-state index in [-0.39, 0.29) is 0 Å². The molecule has 15 heavy (non-hydrogen) atoms. The van der Waals surface area contributed by atoms with Gasteiger partial charge in [-0.25, -0.2) is 0 Å². The fourth-order valence-electron chi connectivity index (χ4n) is 3.40. The van der Waals surface area contributed by atoms with Crippen LogP contribution in [0.2, 0.25) is 0 Å². The van der Waals surface area contributed by atoms with E-state index in [2.05, 4.69) is 48.5 Å². The summed E-state index contributed by atoms with van der Waals surface area (Å²) in [6.45, 7) is 16.8. The van der Waals surface area contributed by atoms with Gasteiger partial charge in [-0.05, 0) is 23.2 Å². The van der Waals surface area contributed by atoms with E-state index in [1.165, 1.54) is 32.1 Å². The zero-order valence-corrected chi connectivity index (χ0v) is 12.1. The van der Waals surface area contributed by atoms with Gasteiger partial charge in [0.2, 0.25) is 0 Å². The molecule has 0 aromatic carbocycles. The molecule has 0 rings (SSSR count). The van der Waals surface area contributed by atoms with E-state index in [4.69, 9.17) is 0 Å². The first-order valence-electron chi connectivity index (χ1n) is 6.87. The molecule has 0 aliphatic heterocycles. The van der Waals surface area contributed by atoms with Gasteiger partial charge in [-0.1, -0.05) is 74.1 Å². The molecular formula is C15H32. The highest BCUT2D eigenvalue weighted by molar-refractivity contribution is 4.89. The third kappa shape index (κ3) is 3.50. The van der Waals surface area contributed by atoms with E-state index in [0.29, 0.717) is 10.8 Å². The smallest absolute Gasteiger partial charge is 0.0295 e. The molecule has 0 fully saturated rings. The van der Waals surface area contributed by atoms with Crippen molar-refractivity contribution in [2.75, 3.05) is 0 Å². The minimum Gasteiger partial charge on any atom is -0.0654 e. The molecule has 0 aliphatic rings. The summed E-state index contributed by atoms with van der Waals surface area (Å²) >= 11 is 0. The fourth-order valence-corrected chi connectivity index (χ4v) is 3.40. The van der Waals surface area contributed by atoms with Crippen LogP contribution >= 0.6 is 0 Å². The molecule has 2 unspecified atom stereocenters. The first-order valence-corrected chi connectivity index (χ1v) is 6.87. The predicted molar refractivity (Wildman–Crippen MR) is 71.2 cm³/mol. The topological polar surface area (TPSA) is 0 Å². The minimum atomic E-state index is 0.495. The molecule has 0 bridgehead atoms. The maximum absolute atomic E-state index is 2.50. The zero-order valence-electron chi connectivity index (χ0n) is 12.1. The summed E-state index contributed by atoms with van der Waals surface area (Å²) in [6, 6.07) is 0. The Morgan fingerprint density at radius 3 is 1.67 bits per heavy atom. The standard InChI is InChI=1S/C15H32/c1-8-12-15(7,11-4)13(9-2)14(5,6)10-3/h13H,8-12H2,1-7H3. The Labute approximate surface area is 97.8 Å². The van der Waals surface area contributed by atoms with Gasteiger partial charge >= 0.3 is 0 Å². The summed E-state index contributed by atoms with van der Waals surface area (Å²) < 4.78 is 0. The van der Waals surface area contributed by atoms with Crippen molar-refractivity contribution in [3.05, 3.63) is 0 Å². The van der Waals surface area contributed by atoms with Gasteiger partial charge in [0, 0.05) is 0 Å². The van der Waals surface area contributed by atoms with E-state index < -0.39 is 0 Å². The quantitative estimate of drug-likeness (QED) is 0.510. The monoisotopic (exact) mass is 212 g/mol. The van der Waals surface area contributed by atoms with Gasteiger partial charge in [0.25, 0.3) is 0 Å². The van der Waals surface area contributed by atoms with Crippen LogP contribution in [-0.4, -0.2) is 0 Å². The third-order valence-corrected chi connectivity index (χ3v) is 4.73. The molecule has 0 heterocycles. The van der Waals surface area contributed by atoms with Crippen molar-refractivity contribution in [3.63, 3.8) is 0 Å². The molecule has 0 spiro atoms. The Balaban J connectivity index is 4.90. The lowest BCUT2D eigenvalue weighted by Crippen LogP contribution is -2.37. The lowest BCUT2D eigenvalue weighted by atomic mass is 9.59. The molecule has 0 nitrogen and oxygen atoms in total. The van der Waals surface area contributed by atoms with Crippen molar-refractivity contribution in [1.29, 1.82) is 0 Å². The third-order valence-electron chi connectivity index (χ3n) is 4.73. The average molecular weight is 212 g/mol. The lowest BCUT2D eigenvalue weighted by molar-refractivity contribution is 0.0389. The van der Waals surface area contributed by atoms with Crippen molar-refractivity contribution in [2.45, 2.75) is 80.6 Å². The first-order chi connectivity index (χ1) is 6.87. The van der Waals surface area contributed by atoms with Crippen LogP contribution in [0.4, 0.5) is 0 Å². The van der Waals surface area contributed by atoms with Crippen LogP contribution in [-0.2, 0) is 0 Å². The molecule has 92 valence electrons. The molecule has 2 atom stereocenters. The lowest BCUT2D eigenvalue weighted by Gasteiger charge is -2.46. The van der Waals surface area contributed by atoms with Crippen molar-refractivity contribution < 1.29 is 0 Å². The van der Waals surface area contributed by atoms with Gasteiger partial charge in [-0.3, -0.25) is 0 Å². The highest BCUT2D eigenvalue weighted by Gasteiger charge is 2.39. The van der Waals surface area contributed by atoms with Gasteiger partial charge in [0.1, 0.15) is 0 Å². The molecule has 0 saturated carbocycles. The summed E-state index contributed by atoms with van der Waals surface area (Å²) in [5.74, 6) is 0.861. The normalized spacial score (nSPS) is 18.6. The zero-order chi connectivity index (χ0) is 12.1. The largest absolute Gasteiger partial charge is 0.0654 e. The maximum Gasteiger partial charge on any atom is -0.0295 e. The molecule has 0 saturated heterocycles. The number of hydrogen-bond donors (Lipinski definition) is 0. The highest BCUT2D eigenvalue weighted by Crippen LogP contribution is 2.48. The number of rotatable bonds is 7. The summed E-state index contributed by atoms with van der Waals surface area (Å²) in [6.07, 6.45) is 6.64. The highest BCUT2D eigenvalue weighted by atomic mass is 14.4. The molecule has 0 aliphatic carbocycles. The van der Waals surface area contributed by atoms with Crippen LogP contribution in [0.1, 0.15) is 80.6 Å². The summed E-state index contributed by atoms with van der Waals surface area (Å²) in [5.41, 5.74) is 1.04. The average Bonchev–Trinajstić information content (AvgIpc) is 2.18. The second kappa shape index (κ2) is 5.92. The van der Waals surface area contributed by atoms with Gasteiger partial charge in [-0.15, -0.1) is 0 Å². The summed E-state index contributed by atoms with van der Waals surface area (Å²) in [7, 11) is 0. The van der Waals surface area contributed by atoms with Gasteiger partial charge in [-0.2, -0.15) is 0 Å². The van der Waals surface area contributed by atoms with Crippen LogP contribution in [0.25, 0.3) is 0 Å². The van der Waals surface area contributed by atoms with E-state index in [0.717, 1.165) is 5.92 Å². The van der Waals surface area contributed by atoms with Crippen molar-refractivity contribution in [3.8, 4) is 0 Å². The first kappa shape index (κ1) is 15.0. The molecule has 0 amide bonds. The van der Waals surface area contributed by atoms with Crippen LogP contribution in [0.15, 0.2) is 0 Å². The molecule has 0 aromatic rings. The van der Waals surface area contributed by atoms with Crippen molar-refractivity contribution >= 4 is 0 Å². The Morgan fingerprint density at radius 2 is 1.40 bits per heavy atom. The van der Waals surface area contributed by atoms with Crippen molar-refractivity contribution in [1.82, 2.24) is 0 Å². The van der Waals surface area contributed by atoms with Gasteiger partial charge in [0.05, 0.1) is 0 Å². The number of hydrogen-bond acceptors (Lipinski definition) is 0. The van der Waals surface area contributed by atoms with E-state index in [1.807, 2.05) is 0 Å². The molecule has 0 heteroatoms. The van der Waals surface area contributed by atoms with Crippen molar-refractivity contribution in [2.24, 2.45) is 16.7 Å². The van der Waals surface area contributed by atoms with E-state index in [1.54, 1.807) is 0 Å². The molecule has 0 N–H and O–H groups in total. The van der Waals surface area contributed by atoms with E-state index >= 15 is 0 Å². The molecule has 0 aromatic heterocycles. The Bertz CT molecular complexity index is 169. The Morgan fingerprint density at radius 1 is 0.867 bits per heavy atom. The summed E-state index contributed by atoms with van der Waals surface area (Å²) in [5, 5.41) is 0. The van der Waals surface area contributed by atoms with Crippen LogP contribution in [0.5, 0.6) is 0 Å². The Kier molecular flexibility index (Phi) is 5.92. The van der Waals surface area contributed by atoms with E-state index in [9.17, 15) is 0 Å². The fraction of sp³-hybridized carbons (Fsp3) is 1.00. The maximum atomic E-state index is 2.50.